The van der Waals surface area contributed by atoms with E-state index >= 15 is 0 Å². The first kappa shape index (κ1) is 17.3. The normalized spacial score (nSPS) is 14.9. The highest BCUT2D eigenvalue weighted by atomic mass is 15.3. The van der Waals surface area contributed by atoms with Gasteiger partial charge in [-0.2, -0.15) is 10.4 Å². The lowest BCUT2D eigenvalue weighted by Crippen LogP contribution is -2.46. The van der Waals surface area contributed by atoms with Crippen molar-refractivity contribution in [1.82, 2.24) is 19.7 Å². The Morgan fingerprint density at radius 2 is 1.74 bits per heavy atom. The summed E-state index contributed by atoms with van der Waals surface area (Å²) in [4.78, 5) is 9.56. The topological polar surface area (TPSA) is 61.0 Å². The Kier molecular flexibility index (Phi) is 4.86. The molecule has 3 aromatic rings. The number of aromatic nitrogens is 3. The highest BCUT2D eigenvalue weighted by molar-refractivity contribution is 5.43. The second kappa shape index (κ2) is 7.60. The van der Waals surface area contributed by atoms with Crippen LogP contribution in [0.4, 0.5) is 5.82 Å². The van der Waals surface area contributed by atoms with Crippen molar-refractivity contribution in [1.29, 1.82) is 5.26 Å². The number of nitrogens with zero attached hydrogens (tertiary/aromatic N) is 6. The minimum atomic E-state index is 0.710. The molecule has 0 bridgehead atoms. The van der Waals surface area contributed by atoms with Crippen molar-refractivity contribution in [2.45, 2.75) is 13.5 Å². The van der Waals surface area contributed by atoms with E-state index in [1.807, 2.05) is 60.4 Å². The average molecular weight is 358 g/mol. The zero-order chi connectivity index (χ0) is 18.6. The SMILES string of the molecule is Cc1cnn(-c2cccc(N3CCN(Cc4ccc(C#N)cc4)CC3)n2)c1. The summed E-state index contributed by atoms with van der Waals surface area (Å²) < 4.78 is 1.82. The summed E-state index contributed by atoms with van der Waals surface area (Å²) in [7, 11) is 0. The minimum absolute atomic E-state index is 0.710. The Balaban J connectivity index is 1.38. The number of aryl methyl sites for hydroxylation is 1. The summed E-state index contributed by atoms with van der Waals surface area (Å²) >= 11 is 0. The molecule has 0 N–H and O–H groups in total. The summed E-state index contributed by atoms with van der Waals surface area (Å²) in [5.74, 6) is 1.85. The molecule has 4 rings (SSSR count). The number of nitriles is 1. The second-order valence-corrected chi connectivity index (χ2v) is 6.89. The quantitative estimate of drug-likeness (QED) is 0.718. The van der Waals surface area contributed by atoms with Gasteiger partial charge < -0.3 is 4.90 Å². The highest BCUT2D eigenvalue weighted by Crippen LogP contribution is 2.17. The number of anilines is 1. The third-order valence-electron chi connectivity index (χ3n) is 4.85. The Morgan fingerprint density at radius 3 is 2.41 bits per heavy atom. The van der Waals surface area contributed by atoms with Gasteiger partial charge in [0.2, 0.25) is 0 Å². The van der Waals surface area contributed by atoms with Gasteiger partial charge in [0.05, 0.1) is 17.8 Å². The first-order valence-corrected chi connectivity index (χ1v) is 9.16. The summed E-state index contributed by atoms with van der Waals surface area (Å²) in [5.41, 5.74) is 3.08. The minimum Gasteiger partial charge on any atom is -0.354 e. The smallest absolute Gasteiger partial charge is 0.155 e. The fraction of sp³-hybridized carbons (Fsp3) is 0.286. The lowest BCUT2D eigenvalue weighted by atomic mass is 10.1. The van der Waals surface area contributed by atoms with E-state index in [1.54, 1.807) is 0 Å². The summed E-state index contributed by atoms with van der Waals surface area (Å²) in [6.07, 6.45) is 3.83. The standard InChI is InChI=1S/C21H22N6/c1-17-14-23-27(15-17)21-4-2-3-20(24-21)26-11-9-25(10-12-26)16-19-7-5-18(13-22)6-8-19/h2-8,14-15H,9-12,16H2,1H3. The molecule has 0 amide bonds. The lowest BCUT2D eigenvalue weighted by Gasteiger charge is -2.35. The van der Waals surface area contributed by atoms with Crippen molar-refractivity contribution in [2.75, 3.05) is 31.1 Å². The Bertz CT molecular complexity index is 945. The van der Waals surface area contributed by atoms with Gasteiger partial charge in [0.1, 0.15) is 5.82 Å². The molecule has 27 heavy (non-hydrogen) atoms. The van der Waals surface area contributed by atoms with Gasteiger partial charge in [-0.25, -0.2) is 9.67 Å². The molecule has 6 heteroatoms. The molecule has 1 aromatic carbocycles. The number of hydrogen-bond donors (Lipinski definition) is 0. The van der Waals surface area contributed by atoms with Crippen LogP contribution < -0.4 is 4.90 Å². The molecule has 0 atom stereocenters. The van der Waals surface area contributed by atoms with E-state index in [4.69, 9.17) is 10.2 Å². The van der Waals surface area contributed by atoms with Crippen LogP contribution in [-0.4, -0.2) is 45.8 Å². The molecular formula is C21H22N6. The van der Waals surface area contributed by atoms with E-state index in [0.29, 0.717) is 5.56 Å². The van der Waals surface area contributed by atoms with Crippen LogP contribution in [0.1, 0.15) is 16.7 Å². The van der Waals surface area contributed by atoms with Crippen LogP contribution in [0.3, 0.4) is 0 Å². The highest BCUT2D eigenvalue weighted by Gasteiger charge is 2.18. The van der Waals surface area contributed by atoms with Crippen LogP contribution in [0.15, 0.2) is 54.9 Å². The van der Waals surface area contributed by atoms with E-state index in [2.05, 4.69) is 27.0 Å². The first-order chi connectivity index (χ1) is 13.2. The lowest BCUT2D eigenvalue weighted by molar-refractivity contribution is 0.249. The third-order valence-corrected chi connectivity index (χ3v) is 4.85. The van der Waals surface area contributed by atoms with Crippen molar-refractivity contribution in [3.8, 4) is 11.9 Å². The fourth-order valence-corrected chi connectivity index (χ4v) is 3.33. The molecule has 0 spiro atoms. The number of hydrogen-bond acceptors (Lipinski definition) is 5. The molecule has 0 saturated carbocycles. The maximum Gasteiger partial charge on any atom is 0.155 e. The van der Waals surface area contributed by atoms with Crippen molar-refractivity contribution in [3.63, 3.8) is 0 Å². The van der Waals surface area contributed by atoms with Crippen LogP contribution in [0.5, 0.6) is 0 Å². The number of benzene rings is 1. The largest absolute Gasteiger partial charge is 0.354 e. The molecule has 6 nitrogen and oxygen atoms in total. The molecule has 136 valence electrons. The third kappa shape index (κ3) is 3.99. The van der Waals surface area contributed by atoms with E-state index in [0.717, 1.165) is 49.9 Å². The maximum atomic E-state index is 8.90. The van der Waals surface area contributed by atoms with E-state index in [9.17, 15) is 0 Å². The summed E-state index contributed by atoms with van der Waals surface area (Å²) in [6.45, 7) is 6.83. The molecule has 1 fully saturated rings. The molecule has 0 unspecified atom stereocenters. The number of rotatable bonds is 4. The molecule has 1 aliphatic rings. The van der Waals surface area contributed by atoms with Crippen molar-refractivity contribution in [2.24, 2.45) is 0 Å². The van der Waals surface area contributed by atoms with Gasteiger partial charge >= 0.3 is 0 Å². The van der Waals surface area contributed by atoms with Crippen LogP contribution in [0.25, 0.3) is 5.82 Å². The molecule has 2 aromatic heterocycles. The van der Waals surface area contributed by atoms with Gasteiger partial charge in [-0.3, -0.25) is 4.90 Å². The van der Waals surface area contributed by atoms with Gasteiger partial charge in [0, 0.05) is 38.9 Å². The van der Waals surface area contributed by atoms with Crippen LogP contribution in [0, 0.1) is 18.3 Å². The van der Waals surface area contributed by atoms with Crippen LogP contribution in [0.2, 0.25) is 0 Å². The zero-order valence-electron chi connectivity index (χ0n) is 15.4. The Morgan fingerprint density at radius 1 is 1.00 bits per heavy atom. The van der Waals surface area contributed by atoms with Crippen molar-refractivity contribution < 1.29 is 0 Å². The molecule has 1 saturated heterocycles. The molecular weight excluding hydrogens is 336 g/mol. The molecule has 3 heterocycles. The molecule has 0 aliphatic carbocycles. The number of pyridine rings is 1. The average Bonchev–Trinajstić information content (AvgIpc) is 3.16. The monoisotopic (exact) mass is 358 g/mol. The summed E-state index contributed by atoms with van der Waals surface area (Å²) in [5, 5.41) is 13.3. The van der Waals surface area contributed by atoms with E-state index in [1.165, 1.54) is 5.56 Å². The Labute approximate surface area is 159 Å². The van der Waals surface area contributed by atoms with E-state index < -0.39 is 0 Å². The van der Waals surface area contributed by atoms with E-state index in [-0.39, 0.29) is 0 Å². The summed E-state index contributed by atoms with van der Waals surface area (Å²) in [6, 6.07) is 16.1. The van der Waals surface area contributed by atoms with Gasteiger partial charge in [-0.1, -0.05) is 18.2 Å². The van der Waals surface area contributed by atoms with Crippen molar-refractivity contribution in [3.05, 3.63) is 71.5 Å². The first-order valence-electron chi connectivity index (χ1n) is 9.16. The number of piperazine rings is 1. The van der Waals surface area contributed by atoms with Gasteiger partial charge in [-0.05, 0) is 42.3 Å². The predicted molar refractivity (Wildman–Crippen MR) is 105 cm³/mol. The van der Waals surface area contributed by atoms with Crippen LogP contribution in [-0.2, 0) is 6.54 Å². The predicted octanol–water partition coefficient (Wildman–Crippen LogP) is 2.77. The van der Waals surface area contributed by atoms with Gasteiger partial charge in [-0.15, -0.1) is 0 Å². The second-order valence-electron chi connectivity index (χ2n) is 6.89. The van der Waals surface area contributed by atoms with Gasteiger partial charge in [0.15, 0.2) is 5.82 Å². The molecule has 1 aliphatic heterocycles. The molecule has 0 radical (unpaired) electrons. The maximum absolute atomic E-state index is 8.90. The fourth-order valence-electron chi connectivity index (χ4n) is 3.33. The van der Waals surface area contributed by atoms with Crippen molar-refractivity contribution >= 4 is 5.82 Å². The van der Waals surface area contributed by atoms with Gasteiger partial charge in [0.25, 0.3) is 0 Å². The van der Waals surface area contributed by atoms with Crippen LogP contribution >= 0.6 is 0 Å². The Hall–Kier alpha value is -3.17. The zero-order valence-corrected chi connectivity index (χ0v) is 15.4.